The fraction of sp³-hybridized carbons (Fsp3) is 0.273. The van der Waals surface area contributed by atoms with Gasteiger partial charge in [-0.1, -0.05) is 30.3 Å². The zero-order chi connectivity index (χ0) is 21.6. The molecule has 1 amide bonds. The van der Waals surface area contributed by atoms with Crippen molar-refractivity contribution in [1.82, 2.24) is 15.1 Å². The number of hydrogen-bond donors (Lipinski definition) is 1. The zero-order valence-corrected chi connectivity index (χ0v) is 16.4. The first kappa shape index (κ1) is 21.4. The molecule has 3 aromatic rings. The van der Waals surface area contributed by atoms with Crippen molar-refractivity contribution in [2.24, 2.45) is 0 Å². The molecule has 0 aliphatic carbocycles. The lowest BCUT2D eigenvalue weighted by molar-refractivity contribution is -0.139. The molecule has 8 heteroatoms. The van der Waals surface area contributed by atoms with Crippen LogP contribution in [0.2, 0.25) is 0 Å². The first-order valence-corrected chi connectivity index (χ1v) is 9.51. The minimum Gasteiger partial charge on any atom is -0.483 e. The Balaban J connectivity index is 1.44. The van der Waals surface area contributed by atoms with E-state index in [1.165, 1.54) is 18.2 Å². The molecule has 1 heterocycles. The van der Waals surface area contributed by atoms with Gasteiger partial charge in [0.05, 0.1) is 16.9 Å². The summed E-state index contributed by atoms with van der Waals surface area (Å²) in [6.07, 6.45) is -1.18. The van der Waals surface area contributed by atoms with E-state index in [0.717, 1.165) is 29.4 Å². The number of para-hydroxylation sites is 2. The van der Waals surface area contributed by atoms with Crippen LogP contribution in [-0.4, -0.2) is 28.8 Å². The quantitative estimate of drug-likeness (QED) is 0.555. The van der Waals surface area contributed by atoms with Crippen LogP contribution in [0.4, 0.5) is 13.2 Å². The number of nitrogens with one attached hydrogen (secondary N) is 1. The van der Waals surface area contributed by atoms with Gasteiger partial charge >= 0.3 is 6.18 Å². The summed E-state index contributed by atoms with van der Waals surface area (Å²) >= 11 is 0. The van der Waals surface area contributed by atoms with Crippen LogP contribution in [0.25, 0.3) is 5.69 Å². The largest absolute Gasteiger partial charge is 0.483 e. The van der Waals surface area contributed by atoms with E-state index in [1.807, 2.05) is 48.1 Å². The molecule has 0 saturated heterocycles. The highest BCUT2D eigenvalue weighted by Gasteiger charge is 2.34. The summed E-state index contributed by atoms with van der Waals surface area (Å²) in [6.45, 7) is 1.84. The Morgan fingerprint density at radius 1 is 1.10 bits per heavy atom. The summed E-state index contributed by atoms with van der Waals surface area (Å²) in [5.41, 5.74) is 2.06. The minimum atomic E-state index is -4.53. The van der Waals surface area contributed by atoms with Crippen LogP contribution in [0.5, 0.6) is 5.75 Å². The smallest absolute Gasteiger partial charge is 0.419 e. The second-order valence-electron chi connectivity index (χ2n) is 6.76. The van der Waals surface area contributed by atoms with Gasteiger partial charge < -0.3 is 10.1 Å². The van der Waals surface area contributed by atoms with Gasteiger partial charge in [-0.3, -0.25) is 4.79 Å². The maximum Gasteiger partial charge on any atom is 0.419 e. The number of rotatable bonds is 8. The number of benzene rings is 2. The van der Waals surface area contributed by atoms with E-state index in [9.17, 15) is 18.0 Å². The van der Waals surface area contributed by atoms with Gasteiger partial charge in [-0.25, -0.2) is 4.68 Å². The van der Waals surface area contributed by atoms with Crippen LogP contribution in [0, 0.1) is 6.92 Å². The summed E-state index contributed by atoms with van der Waals surface area (Å²) in [4.78, 5) is 11.9. The lowest BCUT2D eigenvalue weighted by atomic mass is 10.1. The third-order valence-corrected chi connectivity index (χ3v) is 4.52. The molecule has 0 radical (unpaired) electrons. The summed E-state index contributed by atoms with van der Waals surface area (Å²) in [5, 5.41) is 7.17. The zero-order valence-electron chi connectivity index (χ0n) is 16.4. The fourth-order valence-electron chi connectivity index (χ4n) is 2.98. The van der Waals surface area contributed by atoms with Crippen molar-refractivity contribution in [2.45, 2.75) is 25.9 Å². The molecule has 1 N–H and O–H groups in total. The Bertz CT molecular complexity index is 985. The summed E-state index contributed by atoms with van der Waals surface area (Å²) in [5.74, 6) is -0.826. The second-order valence-corrected chi connectivity index (χ2v) is 6.76. The van der Waals surface area contributed by atoms with Crippen LogP contribution in [-0.2, 0) is 17.4 Å². The van der Waals surface area contributed by atoms with Gasteiger partial charge in [0, 0.05) is 12.7 Å². The predicted molar refractivity (Wildman–Crippen MR) is 107 cm³/mol. The number of aryl methyl sites for hydroxylation is 2. The third-order valence-electron chi connectivity index (χ3n) is 4.52. The average molecular weight is 417 g/mol. The molecular formula is C22H22F3N3O2. The SMILES string of the molecule is Cc1nn(-c2ccccc2)cc1CCCNC(=O)COc1ccccc1C(F)(F)F. The molecule has 0 bridgehead atoms. The van der Waals surface area contributed by atoms with Crippen molar-refractivity contribution in [3.05, 3.63) is 77.6 Å². The maximum absolute atomic E-state index is 12.9. The van der Waals surface area contributed by atoms with Crippen LogP contribution in [0.3, 0.4) is 0 Å². The molecule has 0 atom stereocenters. The van der Waals surface area contributed by atoms with Crippen molar-refractivity contribution in [2.75, 3.05) is 13.2 Å². The Labute approximate surface area is 172 Å². The molecule has 0 aliphatic heterocycles. The van der Waals surface area contributed by atoms with E-state index in [-0.39, 0.29) is 5.75 Å². The Morgan fingerprint density at radius 2 is 1.80 bits per heavy atom. The number of ether oxygens (including phenoxy) is 1. The van der Waals surface area contributed by atoms with Gasteiger partial charge in [0.25, 0.3) is 5.91 Å². The van der Waals surface area contributed by atoms with E-state index >= 15 is 0 Å². The summed E-state index contributed by atoms with van der Waals surface area (Å²) in [6, 6.07) is 14.6. The number of aromatic nitrogens is 2. The summed E-state index contributed by atoms with van der Waals surface area (Å²) < 4.78 is 45.7. The fourth-order valence-corrected chi connectivity index (χ4v) is 2.98. The molecular weight excluding hydrogens is 395 g/mol. The molecule has 3 rings (SSSR count). The molecule has 0 unspecified atom stereocenters. The van der Waals surface area contributed by atoms with Crippen molar-refractivity contribution in [3.8, 4) is 11.4 Å². The van der Waals surface area contributed by atoms with Gasteiger partial charge in [0.1, 0.15) is 5.75 Å². The second kappa shape index (κ2) is 9.47. The Hall–Kier alpha value is -3.29. The number of carbonyl (C=O) groups excluding carboxylic acids is 1. The predicted octanol–water partition coefficient (Wildman–Crippen LogP) is 4.33. The highest BCUT2D eigenvalue weighted by atomic mass is 19.4. The lowest BCUT2D eigenvalue weighted by Gasteiger charge is -2.13. The molecule has 5 nitrogen and oxygen atoms in total. The Kier molecular flexibility index (Phi) is 6.76. The van der Waals surface area contributed by atoms with Crippen LogP contribution in [0.15, 0.2) is 60.8 Å². The lowest BCUT2D eigenvalue weighted by Crippen LogP contribution is -2.30. The monoisotopic (exact) mass is 417 g/mol. The molecule has 1 aromatic heterocycles. The number of hydrogen-bond acceptors (Lipinski definition) is 3. The minimum absolute atomic E-state index is 0.357. The third kappa shape index (κ3) is 5.62. The number of carbonyl (C=O) groups is 1. The van der Waals surface area contributed by atoms with Crippen molar-refractivity contribution in [1.29, 1.82) is 0 Å². The van der Waals surface area contributed by atoms with E-state index in [0.29, 0.717) is 13.0 Å². The van der Waals surface area contributed by atoms with Gasteiger partial charge in [0.2, 0.25) is 0 Å². The van der Waals surface area contributed by atoms with Gasteiger partial charge in [0.15, 0.2) is 6.61 Å². The van der Waals surface area contributed by atoms with Crippen molar-refractivity contribution in [3.63, 3.8) is 0 Å². The number of amides is 1. The molecule has 30 heavy (non-hydrogen) atoms. The van der Waals surface area contributed by atoms with Gasteiger partial charge in [-0.05, 0) is 49.6 Å². The highest BCUT2D eigenvalue weighted by molar-refractivity contribution is 5.77. The molecule has 0 saturated carbocycles. The summed E-state index contributed by atoms with van der Waals surface area (Å²) in [7, 11) is 0. The van der Waals surface area contributed by atoms with Crippen LogP contribution >= 0.6 is 0 Å². The number of nitrogens with zero attached hydrogens (tertiary/aromatic N) is 2. The molecule has 0 spiro atoms. The molecule has 0 fully saturated rings. The van der Waals surface area contributed by atoms with E-state index in [2.05, 4.69) is 10.4 Å². The standard InChI is InChI=1S/C22H22F3N3O2/c1-16-17(14-28(27-16)18-9-3-2-4-10-18)8-7-13-26-21(29)15-30-20-12-6-5-11-19(20)22(23,24)25/h2-6,9-12,14H,7-8,13,15H2,1H3,(H,26,29). The first-order valence-electron chi connectivity index (χ1n) is 9.51. The molecule has 2 aromatic carbocycles. The van der Waals surface area contributed by atoms with Gasteiger partial charge in [-0.2, -0.15) is 18.3 Å². The van der Waals surface area contributed by atoms with E-state index < -0.39 is 24.3 Å². The van der Waals surface area contributed by atoms with Crippen LogP contribution < -0.4 is 10.1 Å². The number of halogens is 3. The number of alkyl halides is 3. The van der Waals surface area contributed by atoms with Gasteiger partial charge in [-0.15, -0.1) is 0 Å². The van der Waals surface area contributed by atoms with Crippen molar-refractivity contribution < 1.29 is 22.7 Å². The molecule has 158 valence electrons. The van der Waals surface area contributed by atoms with Crippen molar-refractivity contribution >= 4 is 5.91 Å². The topological polar surface area (TPSA) is 56.2 Å². The van der Waals surface area contributed by atoms with E-state index in [4.69, 9.17) is 4.74 Å². The highest BCUT2D eigenvalue weighted by Crippen LogP contribution is 2.35. The average Bonchev–Trinajstić information content (AvgIpc) is 3.10. The Morgan fingerprint density at radius 3 is 2.53 bits per heavy atom. The normalized spacial score (nSPS) is 11.3. The maximum atomic E-state index is 12.9. The molecule has 0 aliphatic rings. The first-order chi connectivity index (χ1) is 14.3. The van der Waals surface area contributed by atoms with E-state index in [1.54, 1.807) is 0 Å². The van der Waals surface area contributed by atoms with Crippen LogP contribution in [0.1, 0.15) is 23.2 Å².